The van der Waals surface area contributed by atoms with Gasteiger partial charge in [0.05, 0.1) is 10.8 Å². The zero-order valence-electron chi connectivity index (χ0n) is 17.5. The lowest BCUT2D eigenvalue weighted by Gasteiger charge is -2.38. The van der Waals surface area contributed by atoms with Gasteiger partial charge in [-0.3, -0.25) is 14.4 Å². The maximum absolute atomic E-state index is 14.3. The van der Waals surface area contributed by atoms with Gasteiger partial charge in [-0.1, -0.05) is 18.2 Å². The number of likely N-dealkylation sites (tertiary alicyclic amines) is 1. The number of amides is 1. The first-order valence-corrected chi connectivity index (χ1v) is 10.3. The highest BCUT2D eigenvalue weighted by Gasteiger charge is 2.56. The zero-order chi connectivity index (χ0) is 21.9. The highest BCUT2D eigenvalue weighted by Crippen LogP contribution is 2.51. The number of hydrogen-bond donors (Lipinski definition) is 1. The van der Waals surface area contributed by atoms with Gasteiger partial charge in [0.15, 0.2) is 0 Å². The van der Waals surface area contributed by atoms with Crippen LogP contribution in [0.15, 0.2) is 24.3 Å². The first-order valence-electron chi connectivity index (χ1n) is 10.3. The van der Waals surface area contributed by atoms with E-state index < -0.39 is 10.8 Å². The van der Waals surface area contributed by atoms with Crippen molar-refractivity contribution in [1.29, 1.82) is 0 Å². The lowest BCUT2D eigenvalue weighted by Crippen LogP contribution is -2.48. The van der Waals surface area contributed by atoms with Crippen LogP contribution in [0.5, 0.6) is 0 Å². The number of nitrogens with zero attached hydrogens (tertiary/aromatic N) is 2. The first kappa shape index (κ1) is 22.2. The summed E-state index contributed by atoms with van der Waals surface area (Å²) in [7, 11) is 3.94. The number of cyclic esters (lactones) is 1. The minimum Gasteiger partial charge on any atom is -0.483 e. The van der Waals surface area contributed by atoms with Crippen molar-refractivity contribution in [2.75, 3.05) is 33.7 Å². The third-order valence-corrected chi connectivity index (χ3v) is 6.45. The van der Waals surface area contributed by atoms with E-state index in [2.05, 4.69) is 0 Å². The number of carbonyl (C=O) groups excluding carboxylic acids is 2. The number of esters is 1. The Labute approximate surface area is 175 Å². The third-order valence-electron chi connectivity index (χ3n) is 6.45. The fraction of sp³-hybridized carbons (Fsp3) is 0.591. The molecule has 4 rings (SSSR count). The molecule has 2 aliphatic heterocycles. The van der Waals surface area contributed by atoms with Crippen molar-refractivity contribution in [2.45, 2.75) is 43.6 Å². The van der Waals surface area contributed by atoms with Crippen molar-refractivity contribution >= 4 is 18.3 Å². The molecule has 0 radical (unpaired) electrons. The number of hydrogen-bond acceptors (Lipinski definition) is 5. The van der Waals surface area contributed by atoms with Crippen LogP contribution in [0, 0.1) is 11.2 Å². The molecule has 7 nitrogen and oxygen atoms in total. The van der Waals surface area contributed by atoms with Crippen molar-refractivity contribution in [3.63, 3.8) is 0 Å². The van der Waals surface area contributed by atoms with Gasteiger partial charge in [-0.25, -0.2) is 4.39 Å². The largest absolute Gasteiger partial charge is 0.483 e. The molecule has 3 aliphatic rings. The van der Waals surface area contributed by atoms with E-state index in [9.17, 15) is 14.0 Å². The van der Waals surface area contributed by atoms with Crippen molar-refractivity contribution in [3.8, 4) is 0 Å². The Kier molecular flexibility index (Phi) is 6.45. The molecule has 2 heterocycles. The summed E-state index contributed by atoms with van der Waals surface area (Å²) < 4.78 is 19.8. The average Bonchev–Trinajstić information content (AvgIpc) is 3.44. The van der Waals surface area contributed by atoms with Gasteiger partial charge in [0, 0.05) is 31.6 Å². The molecule has 164 valence electrons. The van der Waals surface area contributed by atoms with Gasteiger partial charge in [-0.05, 0) is 45.8 Å². The molecule has 1 N–H and O–H groups in total. The molecule has 8 heteroatoms. The Bertz CT molecular complexity index is 800. The van der Waals surface area contributed by atoms with Gasteiger partial charge >= 0.3 is 5.97 Å². The van der Waals surface area contributed by atoms with Crippen molar-refractivity contribution in [1.82, 2.24) is 9.80 Å². The Morgan fingerprint density at radius 1 is 1.27 bits per heavy atom. The Hall–Kier alpha value is -2.48. The zero-order valence-corrected chi connectivity index (χ0v) is 17.5. The number of piperidine rings is 1. The van der Waals surface area contributed by atoms with Gasteiger partial charge in [0.25, 0.3) is 6.47 Å². The normalized spacial score (nSPS) is 23.5. The molecule has 1 aliphatic carbocycles. The maximum atomic E-state index is 14.3. The molecule has 1 unspecified atom stereocenters. The minimum atomic E-state index is -0.695. The second kappa shape index (κ2) is 8.71. The summed E-state index contributed by atoms with van der Waals surface area (Å²) in [5.74, 6) is -0.405. The van der Waals surface area contributed by atoms with Crippen LogP contribution in [0.25, 0.3) is 0 Å². The van der Waals surface area contributed by atoms with Gasteiger partial charge in [0.1, 0.15) is 11.9 Å². The topological polar surface area (TPSA) is 87.2 Å². The Morgan fingerprint density at radius 3 is 2.40 bits per heavy atom. The molecule has 1 spiro atoms. The lowest BCUT2D eigenvalue weighted by atomic mass is 9.75. The molecule has 1 amide bonds. The second-order valence-corrected chi connectivity index (χ2v) is 8.73. The van der Waals surface area contributed by atoms with E-state index in [0.717, 1.165) is 13.0 Å². The quantitative estimate of drug-likeness (QED) is 0.593. The summed E-state index contributed by atoms with van der Waals surface area (Å²) >= 11 is 0. The summed E-state index contributed by atoms with van der Waals surface area (Å²) in [5, 5.41) is 6.89. The summed E-state index contributed by atoms with van der Waals surface area (Å²) in [6, 6.07) is 6.59. The molecule has 0 bridgehead atoms. The average molecular weight is 420 g/mol. The predicted molar refractivity (Wildman–Crippen MR) is 107 cm³/mol. The van der Waals surface area contributed by atoms with E-state index in [0.29, 0.717) is 44.3 Å². The van der Waals surface area contributed by atoms with Crippen LogP contribution in [0.2, 0.25) is 0 Å². The Balaban J connectivity index is 0.000000806. The number of rotatable bonds is 4. The number of benzene rings is 1. The van der Waals surface area contributed by atoms with Crippen molar-refractivity contribution < 1.29 is 28.6 Å². The molecular weight excluding hydrogens is 391 g/mol. The first-order chi connectivity index (χ1) is 14.3. The highest BCUT2D eigenvalue weighted by atomic mass is 19.1. The van der Waals surface area contributed by atoms with Crippen LogP contribution in [0.3, 0.4) is 0 Å². The molecule has 1 atom stereocenters. The standard InChI is InChI=1S/C21H27FN2O3.CH2O2/c1-23(2)14-15-13-20(19(26)27-15)9-11-24(12-10-20)18(25)21(7-8-21)16-5-3-4-6-17(16)22;2-1-3/h3-6,15H,7-14H2,1-2H3;1H,(H,2,3). The molecule has 0 aromatic heterocycles. The summed E-state index contributed by atoms with van der Waals surface area (Å²) in [5.41, 5.74) is -0.632. The van der Waals surface area contributed by atoms with E-state index in [4.69, 9.17) is 14.6 Å². The fourth-order valence-electron chi connectivity index (χ4n) is 4.77. The van der Waals surface area contributed by atoms with Gasteiger partial charge < -0.3 is 19.6 Å². The van der Waals surface area contributed by atoms with Gasteiger partial charge in [-0.2, -0.15) is 0 Å². The monoisotopic (exact) mass is 420 g/mol. The number of ether oxygens (including phenoxy) is 1. The van der Waals surface area contributed by atoms with Crippen LogP contribution < -0.4 is 0 Å². The van der Waals surface area contributed by atoms with Crippen LogP contribution in [-0.4, -0.2) is 73.1 Å². The summed E-state index contributed by atoms with van der Waals surface area (Å²) in [4.78, 5) is 37.9. The number of halogens is 1. The van der Waals surface area contributed by atoms with E-state index in [-0.39, 0.29) is 30.3 Å². The molecule has 30 heavy (non-hydrogen) atoms. The SMILES string of the molecule is CN(C)CC1CC2(CCN(C(=O)C3(c4ccccc4F)CC3)CC2)C(=O)O1.O=CO. The van der Waals surface area contributed by atoms with Crippen LogP contribution in [0.1, 0.15) is 37.7 Å². The van der Waals surface area contributed by atoms with Crippen LogP contribution in [-0.2, 0) is 24.5 Å². The van der Waals surface area contributed by atoms with E-state index in [1.165, 1.54) is 6.07 Å². The van der Waals surface area contributed by atoms with Crippen molar-refractivity contribution in [2.24, 2.45) is 5.41 Å². The number of carboxylic acid groups (broad SMARTS) is 1. The fourth-order valence-corrected chi connectivity index (χ4v) is 4.77. The molecule has 1 aromatic rings. The smallest absolute Gasteiger partial charge is 0.312 e. The van der Waals surface area contributed by atoms with Crippen molar-refractivity contribution in [3.05, 3.63) is 35.6 Å². The van der Waals surface area contributed by atoms with Gasteiger partial charge in [-0.15, -0.1) is 0 Å². The third kappa shape index (κ3) is 4.19. The molecule has 3 fully saturated rings. The highest BCUT2D eigenvalue weighted by molar-refractivity contribution is 5.91. The minimum absolute atomic E-state index is 0.0126. The van der Waals surface area contributed by atoms with E-state index in [1.54, 1.807) is 18.2 Å². The predicted octanol–water partition coefficient (Wildman–Crippen LogP) is 2.04. The van der Waals surface area contributed by atoms with E-state index in [1.807, 2.05) is 23.9 Å². The maximum Gasteiger partial charge on any atom is 0.312 e. The van der Waals surface area contributed by atoms with E-state index >= 15 is 0 Å². The number of likely N-dealkylation sites (N-methyl/N-ethyl adjacent to an activating group) is 1. The summed E-state index contributed by atoms with van der Waals surface area (Å²) in [6.07, 6.45) is 3.32. The van der Waals surface area contributed by atoms with Gasteiger partial charge in [0.2, 0.25) is 5.91 Å². The number of carbonyl (C=O) groups is 3. The second-order valence-electron chi connectivity index (χ2n) is 8.73. The molecule has 1 saturated carbocycles. The molecule has 2 saturated heterocycles. The van der Waals surface area contributed by atoms with Crippen LogP contribution >= 0.6 is 0 Å². The Morgan fingerprint density at radius 2 is 1.87 bits per heavy atom. The van der Waals surface area contributed by atoms with Crippen LogP contribution in [0.4, 0.5) is 4.39 Å². The molecular formula is C22H29FN2O5. The molecule has 1 aromatic carbocycles. The summed E-state index contributed by atoms with van der Waals surface area (Å²) in [6.45, 7) is 1.56. The lowest BCUT2D eigenvalue weighted by molar-refractivity contribution is -0.153.